The lowest BCUT2D eigenvalue weighted by Gasteiger charge is -2.05. The van der Waals surface area contributed by atoms with Crippen LogP contribution in [0.25, 0.3) is 11.4 Å². The molecule has 3 aromatic rings. The Kier molecular flexibility index (Phi) is 5.33. The van der Waals surface area contributed by atoms with Crippen LogP contribution in [0.1, 0.15) is 17.3 Å². The maximum Gasteiger partial charge on any atom is 0.416 e. The minimum atomic E-state index is -4.38. The number of halogens is 3. The summed E-state index contributed by atoms with van der Waals surface area (Å²) in [6, 6.07) is 4.56. The number of hydrogen-bond donors (Lipinski definition) is 0. The van der Waals surface area contributed by atoms with Gasteiger partial charge in [0.25, 0.3) is 5.22 Å². The van der Waals surface area contributed by atoms with Gasteiger partial charge in [-0.05, 0) is 18.4 Å². The Hall–Kier alpha value is -2.01. The van der Waals surface area contributed by atoms with E-state index in [9.17, 15) is 13.2 Å². The van der Waals surface area contributed by atoms with Crippen LogP contribution in [0, 0.1) is 0 Å². The molecule has 2 heterocycles. The van der Waals surface area contributed by atoms with Crippen LogP contribution in [0.2, 0.25) is 0 Å². The van der Waals surface area contributed by atoms with Gasteiger partial charge in [-0.2, -0.15) is 29.9 Å². The van der Waals surface area contributed by atoms with Gasteiger partial charge in [-0.25, -0.2) is 0 Å². The highest BCUT2D eigenvalue weighted by Gasteiger charge is 2.30. The zero-order valence-electron chi connectivity index (χ0n) is 12.8. The Morgan fingerprint density at radius 1 is 1.04 bits per heavy atom. The molecule has 0 unspecified atom stereocenters. The SMILES string of the molecule is CSCc1nnc(SCc2nc(-c3ccc(C(F)(F)F)cc3)no2)o1. The fraction of sp³-hybridized carbons (Fsp3) is 0.286. The summed E-state index contributed by atoms with van der Waals surface area (Å²) in [5.41, 5.74) is -0.291. The Morgan fingerprint density at radius 3 is 2.48 bits per heavy atom. The lowest BCUT2D eigenvalue weighted by atomic mass is 10.1. The third kappa shape index (κ3) is 4.54. The van der Waals surface area contributed by atoms with Crippen LogP contribution in [0.4, 0.5) is 13.2 Å². The van der Waals surface area contributed by atoms with Crippen LogP contribution >= 0.6 is 23.5 Å². The van der Waals surface area contributed by atoms with E-state index in [1.54, 1.807) is 11.8 Å². The van der Waals surface area contributed by atoms with E-state index < -0.39 is 11.7 Å². The summed E-state index contributed by atoms with van der Waals surface area (Å²) >= 11 is 2.81. The van der Waals surface area contributed by atoms with E-state index in [-0.39, 0.29) is 5.82 Å². The van der Waals surface area contributed by atoms with Crippen molar-refractivity contribution in [2.24, 2.45) is 0 Å². The minimum Gasteiger partial charge on any atom is -0.415 e. The van der Waals surface area contributed by atoms with E-state index in [0.29, 0.717) is 34.1 Å². The molecule has 25 heavy (non-hydrogen) atoms. The molecular formula is C14H11F3N4O2S2. The van der Waals surface area contributed by atoms with Gasteiger partial charge in [0.2, 0.25) is 17.6 Å². The van der Waals surface area contributed by atoms with Crippen molar-refractivity contribution in [2.75, 3.05) is 6.26 Å². The van der Waals surface area contributed by atoms with Crippen LogP contribution < -0.4 is 0 Å². The summed E-state index contributed by atoms with van der Waals surface area (Å²) in [6.45, 7) is 0. The minimum absolute atomic E-state index is 0.220. The van der Waals surface area contributed by atoms with Gasteiger partial charge in [-0.3, -0.25) is 0 Å². The lowest BCUT2D eigenvalue weighted by Crippen LogP contribution is -2.04. The lowest BCUT2D eigenvalue weighted by molar-refractivity contribution is -0.137. The zero-order valence-corrected chi connectivity index (χ0v) is 14.4. The maximum absolute atomic E-state index is 12.6. The Balaban J connectivity index is 1.63. The van der Waals surface area contributed by atoms with Crippen molar-refractivity contribution in [3.63, 3.8) is 0 Å². The van der Waals surface area contributed by atoms with Gasteiger partial charge in [-0.1, -0.05) is 29.1 Å². The molecule has 0 aliphatic heterocycles. The van der Waals surface area contributed by atoms with Crippen molar-refractivity contribution in [2.45, 2.75) is 22.9 Å². The van der Waals surface area contributed by atoms with E-state index >= 15 is 0 Å². The number of alkyl halides is 3. The van der Waals surface area contributed by atoms with Crippen molar-refractivity contribution >= 4 is 23.5 Å². The number of nitrogens with zero attached hydrogens (tertiary/aromatic N) is 4. The van der Waals surface area contributed by atoms with E-state index in [1.807, 2.05) is 6.26 Å². The smallest absolute Gasteiger partial charge is 0.415 e. The summed E-state index contributed by atoms with van der Waals surface area (Å²) in [5.74, 6) is 2.01. The average Bonchev–Trinajstić information content (AvgIpc) is 3.22. The molecule has 2 aromatic heterocycles. The first-order valence-electron chi connectivity index (χ1n) is 6.90. The Labute approximate surface area is 148 Å². The van der Waals surface area contributed by atoms with E-state index in [1.165, 1.54) is 23.9 Å². The predicted molar refractivity (Wildman–Crippen MR) is 85.8 cm³/mol. The van der Waals surface area contributed by atoms with Gasteiger partial charge in [0.1, 0.15) is 0 Å². The van der Waals surface area contributed by atoms with Crippen molar-refractivity contribution in [1.29, 1.82) is 0 Å². The Bertz CT molecular complexity index is 833. The molecule has 0 saturated carbocycles. The van der Waals surface area contributed by atoms with Gasteiger partial charge < -0.3 is 8.94 Å². The molecular weight excluding hydrogens is 377 g/mol. The maximum atomic E-state index is 12.6. The third-order valence-electron chi connectivity index (χ3n) is 2.97. The molecule has 0 amide bonds. The van der Waals surface area contributed by atoms with E-state index in [0.717, 1.165) is 12.1 Å². The molecule has 0 spiro atoms. The number of rotatable bonds is 6. The molecule has 11 heteroatoms. The highest BCUT2D eigenvalue weighted by atomic mass is 32.2. The number of benzene rings is 1. The largest absolute Gasteiger partial charge is 0.416 e. The summed E-state index contributed by atoms with van der Waals surface area (Å²) < 4.78 is 48.2. The highest BCUT2D eigenvalue weighted by Crippen LogP contribution is 2.30. The monoisotopic (exact) mass is 388 g/mol. The van der Waals surface area contributed by atoms with Crippen molar-refractivity contribution in [1.82, 2.24) is 20.3 Å². The molecule has 1 aromatic carbocycles. The highest BCUT2D eigenvalue weighted by molar-refractivity contribution is 7.98. The fourth-order valence-corrected chi connectivity index (χ4v) is 2.82. The summed E-state index contributed by atoms with van der Waals surface area (Å²) in [7, 11) is 0. The zero-order chi connectivity index (χ0) is 17.9. The van der Waals surface area contributed by atoms with Crippen molar-refractivity contribution in [3.8, 4) is 11.4 Å². The summed E-state index contributed by atoms with van der Waals surface area (Å²) in [6.07, 6.45) is -2.45. The standard InChI is InChI=1S/C14H11F3N4O2S2/c1-24-6-11-19-20-13(22-11)25-7-10-18-12(21-23-10)8-2-4-9(5-3-8)14(15,16)17/h2-5H,6-7H2,1H3. The first-order chi connectivity index (χ1) is 12.0. The first kappa shape index (κ1) is 17.8. The fourth-order valence-electron chi connectivity index (χ4n) is 1.84. The Morgan fingerprint density at radius 2 is 1.80 bits per heavy atom. The van der Waals surface area contributed by atoms with Crippen LogP contribution in [0.5, 0.6) is 0 Å². The second-order valence-electron chi connectivity index (χ2n) is 4.77. The second-order valence-corrected chi connectivity index (χ2v) is 6.56. The number of hydrogen-bond acceptors (Lipinski definition) is 8. The van der Waals surface area contributed by atoms with E-state index in [2.05, 4.69) is 20.3 Å². The number of aromatic nitrogens is 4. The molecule has 0 aliphatic rings. The van der Waals surface area contributed by atoms with Gasteiger partial charge >= 0.3 is 6.18 Å². The van der Waals surface area contributed by atoms with Crippen molar-refractivity contribution < 1.29 is 22.1 Å². The molecule has 3 rings (SSSR count). The molecule has 0 saturated heterocycles. The van der Waals surface area contributed by atoms with Crippen LogP contribution in [0.3, 0.4) is 0 Å². The van der Waals surface area contributed by atoms with Crippen LogP contribution in [-0.2, 0) is 17.7 Å². The van der Waals surface area contributed by atoms with Gasteiger partial charge in [0, 0.05) is 5.56 Å². The second kappa shape index (κ2) is 7.48. The van der Waals surface area contributed by atoms with E-state index in [4.69, 9.17) is 8.94 Å². The molecule has 0 bridgehead atoms. The molecule has 6 nitrogen and oxygen atoms in total. The van der Waals surface area contributed by atoms with Gasteiger partial charge in [0.15, 0.2) is 0 Å². The summed E-state index contributed by atoms with van der Waals surface area (Å²) in [5, 5.41) is 11.9. The quantitative estimate of drug-likeness (QED) is 0.579. The average molecular weight is 388 g/mol. The predicted octanol–water partition coefficient (Wildman–Crippen LogP) is 4.29. The molecule has 0 radical (unpaired) electrons. The number of thioether (sulfide) groups is 2. The van der Waals surface area contributed by atoms with Crippen LogP contribution in [0.15, 0.2) is 38.4 Å². The molecule has 132 valence electrons. The summed E-state index contributed by atoms with van der Waals surface area (Å²) in [4.78, 5) is 4.16. The third-order valence-corrected chi connectivity index (χ3v) is 4.31. The van der Waals surface area contributed by atoms with Gasteiger partial charge in [0.05, 0.1) is 17.1 Å². The molecule has 0 fully saturated rings. The first-order valence-corrected chi connectivity index (χ1v) is 9.28. The molecule has 0 atom stereocenters. The van der Waals surface area contributed by atoms with Crippen LogP contribution in [-0.4, -0.2) is 26.6 Å². The molecule has 0 aliphatic carbocycles. The topological polar surface area (TPSA) is 77.8 Å². The molecule has 0 N–H and O–H groups in total. The van der Waals surface area contributed by atoms with Crippen molar-refractivity contribution in [3.05, 3.63) is 41.6 Å². The van der Waals surface area contributed by atoms with Gasteiger partial charge in [-0.15, -0.1) is 10.2 Å². The normalized spacial score (nSPS) is 11.8.